The quantitative estimate of drug-likeness (QED) is 0.712. The predicted molar refractivity (Wildman–Crippen MR) is 72.4 cm³/mol. The third kappa shape index (κ3) is 3.05. The number of benzene rings is 1. The summed E-state index contributed by atoms with van der Waals surface area (Å²) in [6, 6.07) is 2.89. The van der Waals surface area contributed by atoms with Crippen molar-refractivity contribution in [2.75, 3.05) is 23.8 Å². The Kier molecular flexibility index (Phi) is 4.81. The molecule has 0 aromatic heterocycles. The molecule has 0 radical (unpaired) electrons. The first-order chi connectivity index (χ1) is 8.38. The molecule has 0 saturated carbocycles. The van der Waals surface area contributed by atoms with Gasteiger partial charge in [-0.2, -0.15) is 0 Å². The first kappa shape index (κ1) is 14.6. The van der Waals surface area contributed by atoms with Crippen LogP contribution in [0.2, 0.25) is 5.02 Å². The minimum absolute atomic E-state index is 0.0105. The van der Waals surface area contributed by atoms with Gasteiger partial charge in [-0.25, -0.2) is 4.79 Å². The van der Waals surface area contributed by atoms with Crippen molar-refractivity contribution < 1.29 is 15.0 Å². The van der Waals surface area contributed by atoms with E-state index in [4.69, 9.17) is 22.4 Å². The number of carboxylic acids is 1. The van der Waals surface area contributed by atoms with Gasteiger partial charge in [-0.05, 0) is 26.0 Å². The van der Waals surface area contributed by atoms with Crippen molar-refractivity contribution in [3.8, 4) is 0 Å². The topological polar surface area (TPSA) is 86.8 Å². The van der Waals surface area contributed by atoms with Crippen LogP contribution in [0.15, 0.2) is 12.1 Å². The van der Waals surface area contributed by atoms with E-state index in [-0.39, 0.29) is 23.2 Å². The van der Waals surface area contributed by atoms with Crippen LogP contribution >= 0.6 is 11.6 Å². The van der Waals surface area contributed by atoms with Gasteiger partial charge in [-0.1, -0.05) is 11.6 Å². The number of carboxylic acid groups (broad SMARTS) is 1. The Morgan fingerprint density at radius 1 is 1.50 bits per heavy atom. The monoisotopic (exact) mass is 272 g/mol. The molecule has 5 nitrogen and oxygen atoms in total. The lowest BCUT2D eigenvalue weighted by Crippen LogP contribution is -2.35. The Bertz CT molecular complexity index is 449. The van der Waals surface area contributed by atoms with E-state index in [1.165, 1.54) is 12.1 Å². The van der Waals surface area contributed by atoms with Crippen LogP contribution in [-0.2, 0) is 0 Å². The number of hydrogen-bond donors (Lipinski definition) is 3. The van der Waals surface area contributed by atoms with Gasteiger partial charge in [0.1, 0.15) is 0 Å². The molecular formula is C12H17ClN2O3. The molecular weight excluding hydrogens is 256 g/mol. The third-order valence-electron chi connectivity index (χ3n) is 2.57. The molecule has 0 unspecified atom stereocenters. The highest BCUT2D eigenvalue weighted by atomic mass is 35.5. The van der Waals surface area contributed by atoms with E-state index < -0.39 is 5.97 Å². The van der Waals surface area contributed by atoms with Gasteiger partial charge in [-0.15, -0.1) is 0 Å². The number of aliphatic hydroxyl groups is 1. The maximum Gasteiger partial charge on any atom is 0.337 e. The molecule has 0 fully saturated rings. The summed E-state index contributed by atoms with van der Waals surface area (Å²) < 4.78 is 0. The Hall–Kier alpha value is -1.46. The van der Waals surface area contributed by atoms with Crippen LogP contribution in [0, 0.1) is 0 Å². The van der Waals surface area contributed by atoms with Crippen LogP contribution in [0.3, 0.4) is 0 Å². The fourth-order valence-electron chi connectivity index (χ4n) is 1.81. The van der Waals surface area contributed by atoms with Crippen molar-refractivity contribution >= 4 is 28.9 Å². The largest absolute Gasteiger partial charge is 0.478 e. The normalized spacial score (nSPS) is 10.7. The van der Waals surface area contributed by atoms with Crippen molar-refractivity contribution in [2.24, 2.45) is 0 Å². The maximum absolute atomic E-state index is 11.3. The number of carbonyl (C=O) groups is 1. The van der Waals surface area contributed by atoms with Crippen molar-refractivity contribution in [2.45, 2.75) is 19.9 Å². The van der Waals surface area contributed by atoms with Crippen LogP contribution < -0.4 is 10.6 Å². The van der Waals surface area contributed by atoms with Gasteiger partial charge < -0.3 is 20.8 Å². The lowest BCUT2D eigenvalue weighted by atomic mass is 10.1. The molecule has 1 aromatic carbocycles. The van der Waals surface area contributed by atoms with Gasteiger partial charge in [0.25, 0.3) is 0 Å². The van der Waals surface area contributed by atoms with Crippen LogP contribution in [0.4, 0.5) is 11.4 Å². The van der Waals surface area contributed by atoms with Gasteiger partial charge in [0.2, 0.25) is 0 Å². The summed E-state index contributed by atoms with van der Waals surface area (Å²) in [5, 5.41) is 18.5. The molecule has 0 aliphatic rings. The molecule has 1 aromatic rings. The van der Waals surface area contributed by atoms with Gasteiger partial charge in [0.05, 0.1) is 22.9 Å². The third-order valence-corrected chi connectivity index (χ3v) is 2.86. The highest BCUT2D eigenvalue weighted by Gasteiger charge is 2.21. The highest BCUT2D eigenvalue weighted by Crippen LogP contribution is 2.33. The summed E-state index contributed by atoms with van der Waals surface area (Å²) in [6.07, 6.45) is 0. The van der Waals surface area contributed by atoms with Crippen LogP contribution in [0.25, 0.3) is 0 Å². The number of nitrogens with two attached hydrogens (primary N) is 1. The van der Waals surface area contributed by atoms with Crippen LogP contribution in [-0.4, -0.2) is 35.4 Å². The van der Waals surface area contributed by atoms with E-state index >= 15 is 0 Å². The molecule has 1 rings (SSSR count). The number of halogens is 1. The fraction of sp³-hybridized carbons (Fsp3) is 0.417. The van der Waals surface area contributed by atoms with Gasteiger partial charge in [0.15, 0.2) is 0 Å². The van der Waals surface area contributed by atoms with E-state index in [1.807, 2.05) is 13.8 Å². The van der Waals surface area contributed by atoms with Gasteiger partial charge in [-0.3, -0.25) is 0 Å². The first-order valence-electron chi connectivity index (χ1n) is 5.58. The number of hydrogen-bond acceptors (Lipinski definition) is 4. The molecule has 0 saturated heterocycles. The van der Waals surface area contributed by atoms with E-state index in [9.17, 15) is 9.90 Å². The maximum atomic E-state index is 11.3. The number of nitrogens with zero attached hydrogens (tertiary/aromatic N) is 1. The number of aliphatic hydroxyl groups excluding tert-OH is 1. The second-order valence-electron chi connectivity index (χ2n) is 4.21. The number of anilines is 2. The second kappa shape index (κ2) is 5.93. The molecule has 0 bridgehead atoms. The van der Waals surface area contributed by atoms with Crippen molar-refractivity contribution in [3.63, 3.8) is 0 Å². The van der Waals surface area contributed by atoms with E-state index in [0.717, 1.165) is 0 Å². The van der Waals surface area contributed by atoms with Crippen LogP contribution in [0.1, 0.15) is 24.2 Å². The molecule has 6 heteroatoms. The van der Waals surface area contributed by atoms with E-state index in [2.05, 4.69) is 0 Å². The lowest BCUT2D eigenvalue weighted by Gasteiger charge is -2.30. The second-order valence-corrected chi connectivity index (χ2v) is 4.62. The molecule has 4 N–H and O–H groups in total. The fourth-order valence-corrected chi connectivity index (χ4v) is 2.15. The average molecular weight is 273 g/mol. The molecule has 0 aliphatic heterocycles. The molecule has 0 aliphatic carbocycles. The average Bonchev–Trinajstić information content (AvgIpc) is 2.25. The predicted octanol–water partition coefficient (Wildman–Crippen LogP) is 1.83. The van der Waals surface area contributed by atoms with Gasteiger partial charge >= 0.3 is 5.97 Å². The summed E-state index contributed by atoms with van der Waals surface area (Å²) in [5.41, 5.74) is 6.34. The smallest absolute Gasteiger partial charge is 0.337 e. The van der Waals surface area contributed by atoms with Crippen molar-refractivity contribution in [3.05, 3.63) is 22.7 Å². The number of aromatic carboxylic acids is 1. The first-order valence-corrected chi connectivity index (χ1v) is 5.96. The zero-order valence-corrected chi connectivity index (χ0v) is 11.1. The van der Waals surface area contributed by atoms with Crippen molar-refractivity contribution in [1.29, 1.82) is 0 Å². The van der Waals surface area contributed by atoms with Crippen LogP contribution in [0.5, 0.6) is 0 Å². The van der Waals surface area contributed by atoms with Gasteiger partial charge in [0, 0.05) is 18.3 Å². The van der Waals surface area contributed by atoms with E-state index in [1.54, 1.807) is 4.90 Å². The standard InChI is InChI=1S/C12H17ClN2O3/c1-7(2)15(3-4-16)11-9(12(17)18)5-8(14)6-10(11)13/h5-7,16H,3-4,14H2,1-2H3,(H,17,18). The molecule has 0 atom stereocenters. The summed E-state index contributed by atoms with van der Waals surface area (Å²) in [4.78, 5) is 13.0. The highest BCUT2D eigenvalue weighted by molar-refractivity contribution is 6.34. The summed E-state index contributed by atoms with van der Waals surface area (Å²) in [6.45, 7) is 4.02. The zero-order chi connectivity index (χ0) is 13.9. The molecule has 0 spiro atoms. The zero-order valence-electron chi connectivity index (χ0n) is 10.4. The number of nitrogen functional groups attached to an aromatic ring is 1. The SMILES string of the molecule is CC(C)N(CCO)c1c(Cl)cc(N)cc1C(=O)O. The summed E-state index contributed by atoms with van der Waals surface area (Å²) in [7, 11) is 0. The van der Waals surface area contributed by atoms with Crippen molar-refractivity contribution in [1.82, 2.24) is 0 Å². The Labute approximate surface area is 111 Å². The minimum Gasteiger partial charge on any atom is -0.478 e. The molecule has 0 heterocycles. The lowest BCUT2D eigenvalue weighted by molar-refractivity contribution is 0.0697. The van der Waals surface area contributed by atoms with E-state index in [0.29, 0.717) is 17.9 Å². The molecule has 18 heavy (non-hydrogen) atoms. The number of rotatable bonds is 5. The Balaban J connectivity index is 3.40. The minimum atomic E-state index is -1.09. The Morgan fingerprint density at radius 2 is 2.11 bits per heavy atom. The molecule has 100 valence electrons. The molecule has 0 amide bonds. The summed E-state index contributed by atoms with van der Waals surface area (Å²) >= 11 is 6.09. The Morgan fingerprint density at radius 3 is 2.56 bits per heavy atom. The summed E-state index contributed by atoms with van der Waals surface area (Å²) in [5.74, 6) is -1.09.